The Morgan fingerprint density at radius 1 is 1.29 bits per heavy atom. The van der Waals surface area contributed by atoms with Crippen molar-refractivity contribution in [1.29, 1.82) is 0 Å². The molecule has 0 aromatic heterocycles. The van der Waals surface area contributed by atoms with Gasteiger partial charge in [-0.1, -0.05) is 0 Å². The third-order valence-electron chi connectivity index (χ3n) is 2.27. The zero-order chi connectivity index (χ0) is 16.0. The molecule has 1 unspecified atom stereocenters. The molecule has 0 heterocycles. The van der Waals surface area contributed by atoms with Gasteiger partial charge in [0.05, 0.1) is 4.90 Å². The summed E-state index contributed by atoms with van der Waals surface area (Å²) in [6, 6.07) is 4.69. The number of ether oxygens (including phenoxy) is 1. The van der Waals surface area contributed by atoms with E-state index in [0.29, 0.717) is 0 Å². The fourth-order valence-electron chi connectivity index (χ4n) is 1.23. The molecule has 0 aliphatic carbocycles. The zero-order valence-corrected chi connectivity index (χ0v) is 11.4. The van der Waals surface area contributed by atoms with E-state index in [1.54, 1.807) is 0 Å². The predicted octanol–water partition coefficient (Wildman–Crippen LogP) is 0.0543. The Kier molecular flexibility index (Phi) is 6.00. The Hall–Kier alpha value is -1.78. The molecule has 7 nitrogen and oxygen atoms in total. The van der Waals surface area contributed by atoms with Gasteiger partial charge in [-0.25, -0.2) is 26.7 Å². The van der Waals surface area contributed by atoms with Gasteiger partial charge in [-0.3, -0.25) is 0 Å². The molecule has 0 fully saturated rings. The van der Waals surface area contributed by atoms with Gasteiger partial charge in [0.1, 0.15) is 11.9 Å². The number of aliphatic carboxylic acids is 1. The molecule has 0 radical (unpaired) electrons. The summed E-state index contributed by atoms with van der Waals surface area (Å²) < 4.78 is 54.2. The van der Waals surface area contributed by atoms with Crippen molar-refractivity contribution in [2.75, 3.05) is 13.2 Å². The number of rotatable bonds is 8. The van der Waals surface area contributed by atoms with Crippen molar-refractivity contribution in [3.8, 4) is 5.75 Å². The first-order chi connectivity index (χ1) is 9.72. The van der Waals surface area contributed by atoms with E-state index in [1.165, 1.54) is 12.1 Å². The summed E-state index contributed by atoms with van der Waals surface area (Å²) in [5.41, 5.74) is 0. The number of aliphatic hydroxyl groups is 1. The molecule has 3 N–H and O–H groups in total. The van der Waals surface area contributed by atoms with Crippen LogP contribution >= 0.6 is 0 Å². The van der Waals surface area contributed by atoms with E-state index < -0.39 is 41.7 Å². The number of aliphatic hydroxyl groups excluding tert-OH is 1. The zero-order valence-electron chi connectivity index (χ0n) is 10.6. The van der Waals surface area contributed by atoms with Gasteiger partial charge in [-0.15, -0.1) is 0 Å². The summed E-state index contributed by atoms with van der Waals surface area (Å²) in [5, 5.41) is 17.3. The first-order valence-corrected chi connectivity index (χ1v) is 7.11. The summed E-state index contributed by atoms with van der Waals surface area (Å²) in [5.74, 6) is -1.04. The van der Waals surface area contributed by atoms with Crippen LogP contribution in [0.5, 0.6) is 5.75 Å². The number of carbonyl (C=O) groups is 1. The maximum Gasteiger partial charge on any atom is 0.341 e. The molecule has 10 heteroatoms. The molecule has 1 aromatic rings. The molecule has 0 saturated carbocycles. The second kappa shape index (κ2) is 7.29. The molecule has 118 valence electrons. The molecule has 0 aliphatic rings. The third kappa shape index (κ3) is 5.61. The topological polar surface area (TPSA) is 113 Å². The van der Waals surface area contributed by atoms with E-state index in [2.05, 4.69) is 0 Å². The van der Waals surface area contributed by atoms with Gasteiger partial charge in [-0.2, -0.15) is 0 Å². The number of benzene rings is 1. The van der Waals surface area contributed by atoms with E-state index in [1.807, 2.05) is 4.72 Å². The number of carboxylic acids is 1. The van der Waals surface area contributed by atoms with Gasteiger partial charge >= 0.3 is 5.97 Å². The lowest BCUT2D eigenvalue weighted by Gasteiger charge is -2.11. The Morgan fingerprint density at radius 3 is 2.33 bits per heavy atom. The minimum absolute atomic E-state index is 0.143. The fraction of sp³-hybridized carbons (Fsp3) is 0.364. The summed E-state index contributed by atoms with van der Waals surface area (Å²) in [7, 11) is -4.05. The van der Waals surface area contributed by atoms with Crippen LogP contribution in [0.4, 0.5) is 8.78 Å². The van der Waals surface area contributed by atoms with E-state index in [-0.39, 0.29) is 10.6 Å². The van der Waals surface area contributed by atoms with E-state index in [9.17, 15) is 22.0 Å². The summed E-state index contributed by atoms with van der Waals surface area (Å²) in [4.78, 5) is 10.1. The summed E-state index contributed by atoms with van der Waals surface area (Å²) >= 11 is 0. The van der Waals surface area contributed by atoms with Crippen LogP contribution in [0.25, 0.3) is 0 Å². The largest absolute Gasteiger partial charge is 0.482 e. The van der Waals surface area contributed by atoms with Gasteiger partial charge in [0.15, 0.2) is 6.61 Å². The van der Waals surface area contributed by atoms with Crippen LogP contribution in [0.2, 0.25) is 0 Å². The molecule has 1 aromatic carbocycles. The Morgan fingerprint density at radius 2 is 1.86 bits per heavy atom. The van der Waals surface area contributed by atoms with Gasteiger partial charge in [0.2, 0.25) is 10.0 Å². The van der Waals surface area contributed by atoms with Crippen molar-refractivity contribution in [3.63, 3.8) is 0 Å². The van der Waals surface area contributed by atoms with Crippen molar-refractivity contribution >= 4 is 16.0 Å². The number of nitrogens with one attached hydrogen (secondary N) is 1. The van der Waals surface area contributed by atoms with Crippen LogP contribution in [0.1, 0.15) is 0 Å². The summed E-state index contributed by atoms with van der Waals surface area (Å²) in [6.45, 7) is -1.40. The highest BCUT2D eigenvalue weighted by atomic mass is 32.2. The van der Waals surface area contributed by atoms with Crippen molar-refractivity contribution in [1.82, 2.24) is 4.72 Å². The average molecular weight is 325 g/mol. The van der Waals surface area contributed by atoms with Crippen molar-refractivity contribution in [3.05, 3.63) is 24.3 Å². The van der Waals surface area contributed by atoms with Crippen molar-refractivity contribution in [2.24, 2.45) is 0 Å². The lowest BCUT2D eigenvalue weighted by Crippen LogP contribution is -2.35. The fourth-order valence-corrected chi connectivity index (χ4v) is 2.28. The number of halogens is 2. The second-order valence-electron chi connectivity index (χ2n) is 3.91. The Balaban J connectivity index is 2.69. The lowest BCUT2D eigenvalue weighted by atomic mass is 10.3. The SMILES string of the molecule is O=C(O)COc1ccc(S(=O)(=O)NCC(O)C(F)F)cc1. The molecule has 21 heavy (non-hydrogen) atoms. The average Bonchev–Trinajstić information content (AvgIpc) is 2.43. The van der Waals surface area contributed by atoms with Crippen LogP contribution in [0.15, 0.2) is 29.2 Å². The molecule has 0 amide bonds. The molecule has 1 rings (SSSR count). The molecular formula is C11H13F2NO6S. The monoisotopic (exact) mass is 325 g/mol. The van der Waals surface area contributed by atoms with E-state index in [0.717, 1.165) is 12.1 Å². The highest BCUT2D eigenvalue weighted by molar-refractivity contribution is 7.89. The van der Waals surface area contributed by atoms with Crippen LogP contribution in [-0.4, -0.2) is 50.3 Å². The number of hydrogen-bond donors (Lipinski definition) is 3. The maximum atomic E-state index is 12.1. The molecular weight excluding hydrogens is 312 g/mol. The van der Waals surface area contributed by atoms with Crippen LogP contribution < -0.4 is 9.46 Å². The van der Waals surface area contributed by atoms with Crippen LogP contribution in [0, 0.1) is 0 Å². The smallest absolute Gasteiger partial charge is 0.341 e. The number of sulfonamides is 1. The number of carboxylic acid groups (broad SMARTS) is 1. The Labute approximate surface area is 119 Å². The quantitative estimate of drug-likeness (QED) is 0.623. The number of alkyl halides is 2. The van der Waals surface area contributed by atoms with E-state index >= 15 is 0 Å². The van der Waals surface area contributed by atoms with Gasteiger partial charge in [0.25, 0.3) is 6.43 Å². The van der Waals surface area contributed by atoms with Gasteiger partial charge < -0.3 is 14.9 Å². The standard InChI is InChI=1S/C11H13F2NO6S/c12-11(13)9(15)5-14-21(18,19)8-3-1-7(2-4-8)20-6-10(16)17/h1-4,9,11,14-15H,5-6H2,(H,16,17). The van der Waals surface area contributed by atoms with Crippen LogP contribution in [-0.2, 0) is 14.8 Å². The molecule has 0 bridgehead atoms. The molecule has 0 spiro atoms. The minimum atomic E-state index is -4.05. The second-order valence-corrected chi connectivity index (χ2v) is 5.67. The van der Waals surface area contributed by atoms with Crippen LogP contribution in [0.3, 0.4) is 0 Å². The lowest BCUT2D eigenvalue weighted by molar-refractivity contribution is -0.139. The van der Waals surface area contributed by atoms with Gasteiger partial charge in [0, 0.05) is 6.54 Å². The molecule has 0 aliphatic heterocycles. The van der Waals surface area contributed by atoms with Gasteiger partial charge in [-0.05, 0) is 24.3 Å². The maximum absolute atomic E-state index is 12.1. The van der Waals surface area contributed by atoms with Crippen molar-refractivity contribution < 1.29 is 36.9 Å². The Bertz CT molecular complexity index is 575. The summed E-state index contributed by atoms with van der Waals surface area (Å²) in [6.07, 6.45) is -5.16. The van der Waals surface area contributed by atoms with E-state index in [4.69, 9.17) is 14.9 Å². The van der Waals surface area contributed by atoms with Crippen molar-refractivity contribution in [2.45, 2.75) is 17.4 Å². The number of hydrogen-bond acceptors (Lipinski definition) is 5. The molecule has 0 saturated heterocycles. The first-order valence-electron chi connectivity index (χ1n) is 5.63. The highest BCUT2D eigenvalue weighted by Gasteiger charge is 2.21. The predicted molar refractivity (Wildman–Crippen MR) is 66.8 cm³/mol. The minimum Gasteiger partial charge on any atom is -0.482 e. The first kappa shape index (κ1) is 17.3. The third-order valence-corrected chi connectivity index (χ3v) is 3.71. The highest BCUT2D eigenvalue weighted by Crippen LogP contribution is 2.16. The molecule has 1 atom stereocenters. The normalized spacial score (nSPS) is 13.1.